The summed E-state index contributed by atoms with van der Waals surface area (Å²) >= 11 is 0. The number of amides is 1. The molecule has 0 spiro atoms. The van der Waals surface area contributed by atoms with Gasteiger partial charge in [-0.1, -0.05) is 0 Å². The predicted molar refractivity (Wildman–Crippen MR) is 80.3 cm³/mol. The molecule has 3 rings (SSSR count). The largest absolute Gasteiger partial charge is 0.391 e. The van der Waals surface area contributed by atoms with Crippen LogP contribution in [-0.4, -0.2) is 43.1 Å². The predicted octanol–water partition coefficient (Wildman–Crippen LogP) is 0.565. The van der Waals surface area contributed by atoms with Crippen molar-refractivity contribution in [2.24, 2.45) is 0 Å². The van der Waals surface area contributed by atoms with Gasteiger partial charge >= 0.3 is 0 Å². The Morgan fingerprint density at radius 1 is 1.50 bits per heavy atom. The van der Waals surface area contributed by atoms with E-state index in [-0.39, 0.29) is 18.0 Å². The SMILES string of the molecule is Cc1cnn([C@H]2[C@H](O)C[C@@H]2NC(=O)Cc2c(C)n[nH]c2C)c1. The van der Waals surface area contributed by atoms with Crippen molar-refractivity contribution in [2.75, 3.05) is 0 Å². The molecule has 1 amide bonds. The highest BCUT2D eigenvalue weighted by Crippen LogP contribution is 2.32. The lowest BCUT2D eigenvalue weighted by Gasteiger charge is -2.41. The molecule has 2 aromatic rings. The van der Waals surface area contributed by atoms with E-state index in [0.29, 0.717) is 12.8 Å². The molecule has 7 heteroatoms. The molecule has 0 aliphatic heterocycles. The highest BCUT2D eigenvalue weighted by atomic mass is 16.3. The zero-order valence-electron chi connectivity index (χ0n) is 13.0. The third kappa shape index (κ3) is 2.64. The molecule has 0 radical (unpaired) electrons. The fourth-order valence-corrected chi connectivity index (χ4v) is 2.97. The summed E-state index contributed by atoms with van der Waals surface area (Å²) in [6, 6.07) is -0.279. The van der Waals surface area contributed by atoms with Crippen LogP contribution in [0.15, 0.2) is 12.4 Å². The Labute approximate surface area is 128 Å². The number of rotatable bonds is 4. The maximum absolute atomic E-state index is 12.2. The molecule has 22 heavy (non-hydrogen) atoms. The number of hydrogen-bond acceptors (Lipinski definition) is 4. The number of aromatic amines is 1. The van der Waals surface area contributed by atoms with Crippen molar-refractivity contribution in [3.8, 4) is 0 Å². The first-order chi connectivity index (χ1) is 10.5. The average Bonchev–Trinajstić information content (AvgIpc) is 2.98. The van der Waals surface area contributed by atoms with Crippen LogP contribution in [0.2, 0.25) is 0 Å². The topological polar surface area (TPSA) is 95.8 Å². The molecule has 7 nitrogen and oxygen atoms in total. The van der Waals surface area contributed by atoms with E-state index in [4.69, 9.17) is 0 Å². The van der Waals surface area contributed by atoms with E-state index in [1.54, 1.807) is 10.9 Å². The van der Waals surface area contributed by atoms with Gasteiger partial charge in [-0.25, -0.2) is 0 Å². The molecule has 3 atom stereocenters. The number of aliphatic hydroxyl groups is 1. The molecule has 1 aliphatic rings. The highest BCUT2D eigenvalue weighted by Gasteiger charge is 2.42. The van der Waals surface area contributed by atoms with Crippen LogP contribution in [0.5, 0.6) is 0 Å². The Hall–Kier alpha value is -2.15. The second kappa shape index (κ2) is 5.57. The lowest BCUT2D eigenvalue weighted by Crippen LogP contribution is -2.56. The van der Waals surface area contributed by atoms with Gasteiger partial charge in [0.15, 0.2) is 0 Å². The maximum Gasteiger partial charge on any atom is 0.224 e. The molecular formula is C15H21N5O2. The van der Waals surface area contributed by atoms with Crippen LogP contribution in [0, 0.1) is 20.8 Å². The Kier molecular flexibility index (Phi) is 3.74. The summed E-state index contributed by atoms with van der Waals surface area (Å²) in [4.78, 5) is 12.2. The Morgan fingerprint density at radius 2 is 2.27 bits per heavy atom. The first kappa shape index (κ1) is 14.8. The minimum atomic E-state index is -0.470. The van der Waals surface area contributed by atoms with Gasteiger partial charge in [0.2, 0.25) is 5.91 Å². The van der Waals surface area contributed by atoms with Crippen LogP contribution in [0.4, 0.5) is 0 Å². The first-order valence-electron chi connectivity index (χ1n) is 7.44. The molecule has 0 unspecified atom stereocenters. The van der Waals surface area contributed by atoms with Gasteiger partial charge in [-0.15, -0.1) is 0 Å². The smallest absolute Gasteiger partial charge is 0.224 e. The van der Waals surface area contributed by atoms with Crippen molar-refractivity contribution in [3.63, 3.8) is 0 Å². The molecule has 1 fully saturated rings. The third-order valence-electron chi connectivity index (χ3n) is 4.30. The number of nitrogens with zero attached hydrogens (tertiary/aromatic N) is 3. The molecule has 3 N–H and O–H groups in total. The van der Waals surface area contributed by atoms with E-state index in [1.807, 2.05) is 27.0 Å². The summed E-state index contributed by atoms with van der Waals surface area (Å²) in [7, 11) is 0. The minimum Gasteiger partial charge on any atom is -0.391 e. The lowest BCUT2D eigenvalue weighted by molar-refractivity contribution is -0.124. The highest BCUT2D eigenvalue weighted by molar-refractivity contribution is 5.79. The van der Waals surface area contributed by atoms with Crippen molar-refractivity contribution >= 4 is 5.91 Å². The van der Waals surface area contributed by atoms with Gasteiger partial charge in [-0.05, 0) is 32.8 Å². The second-order valence-corrected chi connectivity index (χ2v) is 6.05. The third-order valence-corrected chi connectivity index (χ3v) is 4.30. The van der Waals surface area contributed by atoms with Crippen LogP contribution in [0.3, 0.4) is 0 Å². The van der Waals surface area contributed by atoms with Crippen LogP contribution in [0.25, 0.3) is 0 Å². The molecule has 1 aliphatic carbocycles. The average molecular weight is 303 g/mol. The van der Waals surface area contributed by atoms with E-state index < -0.39 is 6.10 Å². The molecule has 0 bridgehead atoms. The van der Waals surface area contributed by atoms with E-state index >= 15 is 0 Å². The van der Waals surface area contributed by atoms with Crippen molar-refractivity contribution < 1.29 is 9.90 Å². The minimum absolute atomic E-state index is 0.0571. The van der Waals surface area contributed by atoms with Crippen molar-refractivity contribution in [1.82, 2.24) is 25.3 Å². The van der Waals surface area contributed by atoms with Gasteiger partial charge in [-0.2, -0.15) is 10.2 Å². The van der Waals surface area contributed by atoms with Gasteiger partial charge in [0.1, 0.15) is 0 Å². The van der Waals surface area contributed by atoms with Crippen molar-refractivity contribution in [3.05, 3.63) is 34.9 Å². The van der Waals surface area contributed by atoms with E-state index in [2.05, 4.69) is 20.6 Å². The summed E-state index contributed by atoms with van der Waals surface area (Å²) < 4.78 is 1.74. The number of H-pyrrole nitrogens is 1. The Bertz CT molecular complexity index is 670. The number of aliphatic hydroxyl groups excluding tert-OH is 1. The van der Waals surface area contributed by atoms with Crippen LogP contribution >= 0.6 is 0 Å². The fourth-order valence-electron chi connectivity index (χ4n) is 2.97. The van der Waals surface area contributed by atoms with Gasteiger partial charge in [0.05, 0.1) is 36.5 Å². The van der Waals surface area contributed by atoms with Crippen molar-refractivity contribution in [1.29, 1.82) is 0 Å². The van der Waals surface area contributed by atoms with Crippen molar-refractivity contribution in [2.45, 2.75) is 51.8 Å². The summed E-state index contributed by atoms with van der Waals surface area (Å²) in [6.45, 7) is 5.74. The van der Waals surface area contributed by atoms with Gasteiger partial charge in [0.25, 0.3) is 0 Å². The zero-order chi connectivity index (χ0) is 15.9. The normalized spacial score (nSPS) is 24.1. The van der Waals surface area contributed by atoms with E-state index in [9.17, 15) is 9.90 Å². The molecule has 0 saturated heterocycles. The second-order valence-electron chi connectivity index (χ2n) is 6.05. The molecule has 118 valence electrons. The number of aryl methyl sites for hydroxylation is 3. The Balaban J connectivity index is 1.64. The molecule has 1 saturated carbocycles. The number of carbonyl (C=O) groups excluding carboxylic acids is 1. The van der Waals surface area contributed by atoms with Crippen LogP contribution in [0.1, 0.15) is 35.0 Å². The standard InChI is InChI=1S/C15H21N5O2/c1-8-6-16-20(7-8)15-12(5-13(15)21)17-14(22)4-11-9(2)18-19-10(11)3/h6-7,12-13,15,21H,4-5H2,1-3H3,(H,17,22)(H,18,19)/t12-,13+,15+/m0/s1. The maximum atomic E-state index is 12.2. The van der Waals surface area contributed by atoms with Gasteiger partial charge in [-0.3, -0.25) is 14.6 Å². The summed E-state index contributed by atoms with van der Waals surface area (Å²) in [5, 5.41) is 24.2. The van der Waals surface area contributed by atoms with Gasteiger partial charge < -0.3 is 10.4 Å². The fraction of sp³-hybridized carbons (Fsp3) is 0.533. The molecule has 2 heterocycles. The summed E-state index contributed by atoms with van der Waals surface area (Å²) in [6.07, 6.45) is 4.02. The zero-order valence-corrected chi connectivity index (χ0v) is 13.0. The molecule has 0 aromatic carbocycles. The van der Waals surface area contributed by atoms with E-state index in [0.717, 1.165) is 22.5 Å². The summed E-state index contributed by atoms with van der Waals surface area (Å²) in [5.41, 5.74) is 3.73. The summed E-state index contributed by atoms with van der Waals surface area (Å²) in [5.74, 6) is -0.0571. The number of nitrogens with one attached hydrogen (secondary N) is 2. The van der Waals surface area contributed by atoms with E-state index in [1.165, 1.54) is 0 Å². The quantitative estimate of drug-likeness (QED) is 0.769. The number of aromatic nitrogens is 4. The number of carbonyl (C=O) groups is 1. The van der Waals surface area contributed by atoms with Crippen LogP contribution < -0.4 is 5.32 Å². The van der Waals surface area contributed by atoms with Crippen LogP contribution in [-0.2, 0) is 11.2 Å². The van der Waals surface area contributed by atoms with Gasteiger partial charge in [0, 0.05) is 17.5 Å². The first-order valence-corrected chi connectivity index (χ1v) is 7.44. The number of hydrogen-bond donors (Lipinski definition) is 3. The molecule has 2 aromatic heterocycles. The Morgan fingerprint density at radius 3 is 2.82 bits per heavy atom. The molecular weight excluding hydrogens is 282 g/mol. The monoisotopic (exact) mass is 303 g/mol. The lowest BCUT2D eigenvalue weighted by atomic mass is 9.83.